The molecule has 0 saturated carbocycles. The summed E-state index contributed by atoms with van der Waals surface area (Å²) in [5.74, 6) is 1.08. The molecule has 0 radical (unpaired) electrons. The molecular formula is C16H23ClN6. The van der Waals surface area contributed by atoms with Crippen LogP contribution in [0.2, 0.25) is 5.02 Å². The van der Waals surface area contributed by atoms with Crippen molar-refractivity contribution in [2.24, 2.45) is 0 Å². The molecule has 2 aromatic rings. The van der Waals surface area contributed by atoms with Crippen LogP contribution in [0.1, 0.15) is 25.3 Å². The summed E-state index contributed by atoms with van der Waals surface area (Å²) in [5.41, 5.74) is 6.89. The maximum absolute atomic E-state index is 5.93. The second-order valence-electron chi connectivity index (χ2n) is 6.18. The van der Waals surface area contributed by atoms with E-state index in [1.165, 1.54) is 5.56 Å². The van der Waals surface area contributed by atoms with E-state index in [0.29, 0.717) is 24.0 Å². The van der Waals surface area contributed by atoms with Crippen LogP contribution in [0, 0.1) is 0 Å². The van der Waals surface area contributed by atoms with Crippen LogP contribution >= 0.6 is 11.6 Å². The van der Waals surface area contributed by atoms with Crippen molar-refractivity contribution in [3.8, 4) is 0 Å². The number of nitrogens with one attached hydrogen (secondary N) is 2. The normalized spacial score (nSPS) is 17.4. The Bertz CT molecular complexity index is 618. The summed E-state index contributed by atoms with van der Waals surface area (Å²) in [6.45, 7) is 4.13. The van der Waals surface area contributed by atoms with Crippen LogP contribution in [-0.2, 0) is 6.42 Å². The molecule has 1 aromatic heterocycles. The molecule has 3 rings (SSSR count). The van der Waals surface area contributed by atoms with Crippen LogP contribution in [0.3, 0.4) is 0 Å². The van der Waals surface area contributed by atoms with Crippen LogP contribution < -0.4 is 16.0 Å². The lowest BCUT2D eigenvalue weighted by Crippen LogP contribution is -2.46. The highest BCUT2D eigenvalue weighted by Gasteiger charge is 2.22. The van der Waals surface area contributed by atoms with Gasteiger partial charge in [-0.15, -0.1) is 5.10 Å². The summed E-state index contributed by atoms with van der Waals surface area (Å²) >= 11 is 5.93. The van der Waals surface area contributed by atoms with Gasteiger partial charge in [0.05, 0.1) is 0 Å². The first-order chi connectivity index (χ1) is 11.1. The molecule has 1 aromatic carbocycles. The lowest BCUT2D eigenvalue weighted by Gasteiger charge is -2.33. The molecule has 1 aliphatic heterocycles. The van der Waals surface area contributed by atoms with Crippen LogP contribution in [0.25, 0.3) is 0 Å². The number of halogens is 1. The Labute approximate surface area is 141 Å². The molecule has 2 heterocycles. The number of H-pyrrole nitrogens is 1. The second-order valence-corrected chi connectivity index (χ2v) is 6.62. The maximum atomic E-state index is 5.93. The number of benzene rings is 1. The average Bonchev–Trinajstić information content (AvgIpc) is 2.97. The smallest absolute Gasteiger partial charge is 0.246 e. The Morgan fingerprint density at radius 2 is 2.04 bits per heavy atom. The average molecular weight is 335 g/mol. The van der Waals surface area contributed by atoms with Crippen molar-refractivity contribution >= 4 is 23.5 Å². The SMILES string of the molecule is CC(Cc1ccc(Cl)cc1)NC1CCN(c2n[nH]c(N)n2)CC1. The third-order valence-electron chi connectivity index (χ3n) is 4.24. The number of piperidine rings is 1. The largest absolute Gasteiger partial charge is 0.368 e. The van der Waals surface area contributed by atoms with E-state index in [1.54, 1.807) is 0 Å². The molecule has 1 saturated heterocycles. The minimum absolute atomic E-state index is 0.372. The summed E-state index contributed by atoms with van der Waals surface area (Å²) in [5, 5.41) is 11.3. The van der Waals surface area contributed by atoms with Gasteiger partial charge in [-0.3, -0.25) is 0 Å². The van der Waals surface area contributed by atoms with Crippen LogP contribution in [0.5, 0.6) is 0 Å². The van der Waals surface area contributed by atoms with Gasteiger partial charge in [-0.1, -0.05) is 23.7 Å². The molecule has 1 aliphatic rings. The van der Waals surface area contributed by atoms with Gasteiger partial charge in [0.15, 0.2) is 0 Å². The van der Waals surface area contributed by atoms with Gasteiger partial charge in [0.2, 0.25) is 11.9 Å². The summed E-state index contributed by atoms with van der Waals surface area (Å²) in [6.07, 6.45) is 3.17. The predicted molar refractivity (Wildman–Crippen MR) is 93.8 cm³/mol. The molecular weight excluding hydrogens is 312 g/mol. The first kappa shape index (κ1) is 16.1. The number of hydrogen-bond donors (Lipinski definition) is 3. The number of nitrogens with two attached hydrogens (primary N) is 1. The molecule has 4 N–H and O–H groups in total. The molecule has 1 atom stereocenters. The van der Waals surface area contributed by atoms with E-state index in [1.807, 2.05) is 12.1 Å². The first-order valence-corrected chi connectivity index (χ1v) is 8.41. The molecule has 1 unspecified atom stereocenters. The standard InChI is InChI=1S/C16H23ClN6/c1-11(10-12-2-4-13(17)5-3-12)19-14-6-8-23(9-7-14)16-20-15(18)21-22-16/h2-5,11,14,19H,6-10H2,1H3,(H3,18,20,21,22). The Hall–Kier alpha value is -1.79. The molecule has 23 heavy (non-hydrogen) atoms. The fraction of sp³-hybridized carbons (Fsp3) is 0.500. The van der Waals surface area contributed by atoms with E-state index in [2.05, 4.69) is 44.5 Å². The van der Waals surface area contributed by atoms with E-state index >= 15 is 0 Å². The highest BCUT2D eigenvalue weighted by atomic mass is 35.5. The maximum Gasteiger partial charge on any atom is 0.246 e. The van der Waals surface area contributed by atoms with Crippen molar-refractivity contribution < 1.29 is 0 Å². The minimum atomic E-state index is 0.372. The second kappa shape index (κ2) is 7.19. The number of aromatic amines is 1. The van der Waals surface area contributed by atoms with E-state index in [0.717, 1.165) is 37.4 Å². The summed E-state index contributed by atoms with van der Waals surface area (Å²) in [4.78, 5) is 6.36. The van der Waals surface area contributed by atoms with E-state index < -0.39 is 0 Å². The van der Waals surface area contributed by atoms with Gasteiger partial charge in [0.1, 0.15) is 0 Å². The highest BCUT2D eigenvalue weighted by molar-refractivity contribution is 6.30. The van der Waals surface area contributed by atoms with E-state index in [9.17, 15) is 0 Å². The van der Waals surface area contributed by atoms with Crippen molar-refractivity contribution in [1.82, 2.24) is 20.5 Å². The van der Waals surface area contributed by atoms with Crippen LogP contribution in [-0.4, -0.2) is 40.4 Å². The third-order valence-corrected chi connectivity index (χ3v) is 4.50. The lowest BCUT2D eigenvalue weighted by atomic mass is 10.0. The molecule has 1 fully saturated rings. The molecule has 7 heteroatoms. The zero-order valence-corrected chi connectivity index (χ0v) is 14.1. The van der Waals surface area contributed by atoms with Crippen molar-refractivity contribution in [3.63, 3.8) is 0 Å². The summed E-state index contributed by atoms with van der Waals surface area (Å²) < 4.78 is 0. The van der Waals surface area contributed by atoms with Gasteiger partial charge < -0.3 is 16.0 Å². The summed E-state index contributed by atoms with van der Waals surface area (Å²) in [6, 6.07) is 9.06. The number of hydrogen-bond acceptors (Lipinski definition) is 5. The van der Waals surface area contributed by atoms with Gasteiger partial charge in [0.25, 0.3) is 0 Å². The molecule has 6 nitrogen and oxygen atoms in total. The fourth-order valence-electron chi connectivity index (χ4n) is 3.09. The zero-order valence-electron chi connectivity index (χ0n) is 13.3. The molecule has 0 aliphatic carbocycles. The number of aromatic nitrogens is 3. The highest BCUT2D eigenvalue weighted by Crippen LogP contribution is 2.17. The Kier molecular flexibility index (Phi) is 5.03. The molecule has 0 spiro atoms. The van der Waals surface area contributed by atoms with Gasteiger partial charge in [-0.25, -0.2) is 5.10 Å². The molecule has 0 bridgehead atoms. The number of rotatable bonds is 5. The third kappa shape index (κ3) is 4.36. The predicted octanol–water partition coefficient (Wildman–Crippen LogP) is 2.23. The Morgan fingerprint density at radius 3 is 2.65 bits per heavy atom. The molecule has 0 amide bonds. The van der Waals surface area contributed by atoms with E-state index in [4.69, 9.17) is 17.3 Å². The summed E-state index contributed by atoms with van der Waals surface area (Å²) in [7, 11) is 0. The van der Waals surface area contributed by atoms with E-state index in [-0.39, 0.29) is 0 Å². The molecule has 124 valence electrons. The lowest BCUT2D eigenvalue weighted by molar-refractivity contribution is 0.373. The van der Waals surface area contributed by atoms with Gasteiger partial charge in [-0.05, 0) is 43.9 Å². The van der Waals surface area contributed by atoms with Gasteiger partial charge >= 0.3 is 0 Å². The first-order valence-electron chi connectivity index (χ1n) is 8.03. The monoisotopic (exact) mass is 334 g/mol. The minimum Gasteiger partial charge on any atom is -0.368 e. The zero-order chi connectivity index (χ0) is 16.2. The quantitative estimate of drug-likeness (QED) is 0.781. The van der Waals surface area contributed by atoms with Gasteiger partial charge in [-0.2, -0.15) is 4.98 Å². The topological polar surface area (TPSA) is 82.9 Å². The van der Waals surface area contributed by atoms with Crippen LogP contribution in [0.15, 0.2) is 24.3 Å². The number of nitrogen functional groups attached to an aromatic ring is 1. The van der Waals surface area contributed by atoms with Crippen LogP contribution in [0.4, 0.5) is 11.9 Å². The Balaban J connectivity index is 1.45. The van der Waals surface area contributed by atoms with Crippen molar-refractivity contribution in [2.75, 3.05) is 23.7 Å². The van der Waals surface area contributed by atoms with Crippen molar-refractivity contribution in [2.45, 2.75) is 38.3 Å². The van der Waals surface area contributed by atoms with Gasteiger partial charge in [0, 0.05) is 30.2 Å². The van der Waals surface area contributed by atoms with Crippen molar-refractivity contribution in [1.29, 1.82) is 0 Å². The fourth-order valence-corrected chi connectivity index (χ4v) is 3.21. The number of nitrogens with zero attached hydrogens (tertiary/aromatic N) is 3. The number of anilines is 2. The Morgan fingerprint density at radius 1 is 1.35 bits per heavy atom. The van der Waals surface area contributed by atoms with Crippen molar-refractivity contribution in [3.05, 3.63) is 34.9 Å².